The Balaban J connectivity index is 1.72. The summed E-state index contributed by atoms with van der Waals surface area (Å²) >= 11 is 5.86. The Kier molecular flexibility index (Phi) is 4.68. The third-order valence-corrected chi connectivity index (χ3v) is 3.73. The van der Waals surface area contributed by atoms with Gasteiger partial charge >= 0.3 is 0 Å². The van der Waals surface area contributed by atoms with Crippen LogP contribution < -0.4 is 10.2 Å². The lowest BCUT2D eigenvalue weighted by Gasteiger charge is -2.27. The summed E-state index contributed by atoms with van der Waals surface area (Å²) in [6.07, 6.45) is 0. The molecule has 1 fully saturated rings. The number of nitrogens with one attached hydrogen (secondary N) is 1. The molecular formula is C15H14ClFN4O2. The van der Waals surface area contributed by atoms with Crippen molar-refractivity contribution < 1.29 is 13.9 Å². The Labute approximate surface area is 137 Å². The maximum Gasteiger partial charge on any atom is 0.261 e. The summed E-state index contributed by atoms with van der Waals surface area (Å²) in [5.41, 5.74) is -0.215. The number of hydrogen-bond donors (Lipinski definition) is 1. The minimum absolute atomic E-state index is 0.0420. The number of nitrogens with zero attached hydrogens (tertiary/aromatic N) is 3. The fourth-order valence-corrected chi connectivity index (χ4v) is 2.50. The molecule has 8 heteroatoms. The largest absolute Gasteiger partial charge is 0.378 e. The molecule has 120 valence electrons. The normalized spacial score (nSPS) is 14.6. The van der Waals surface area contributed by atoms with Crippen LogP contribution in [0.4, 0.5) is 16.0 Å². The van der Waals surface area contributed by atoms with E-state index >= 15 is 0 Å². The highest BCUT2D eigenvalue weighted by atomic mass is 35.5. The summed E-state index contributed by atoms with van der Waals surface area (Å²) in [5.74, 6) is -0.420. The van der Waals surface area contributed by atoms with E-state index in [-0.39, 0.29) is 16.4 Å². The number of amides is 1. The SMILES string of the molecule is O=C(Nc1ccc(N2CCOCC2)nn1)c1c(F)cccc1Cl. The fraction of sp³-hybridized carbons (Fsp3) is 0.267. The molecule has 1 aliphatic heterocycles. The zero-order valence-corrected chi connectivity index (χ0v) is 12.9. The van der Waals surface area contributed by atoms with Gasteiger partial charge in [-0.3, -0.25) is 4.79 Å². The van der Waals surface area contributed by atoms with E-state index in [2.05, 4.69) is 15.5 Å². The lowest BCUT2D eigenvalue weighted by molar-refractivity contribution is 0.102. The second-order valence-corrected chi connectivity index (χ2v) is 5.33. The van der Waals surface area contributed by atoms with Gasteiger partial charge in [-0.2, -0.15) is 0 Å². The van der Waals surface area contributed by atoms with E-state index in [1.807, 2.05) is 4.90 Å². The van der Waals surface area contributed by atoms with Crippen LogP contribution >= 0.6 is 11.6 Å². The first-order chi connectivity index (χ1) is 11.1. The molecule has 0 unspecified atom stereocenters. The van der Waals surface area contributed by atoms with Crippen LogP contribution in [0.3, 0.4) is 0 Å². The molecule has 0 bridgehead atoms. The smallest absolute Gasteiger partial charge is 0.261 e. The molecule has 1 N–H and O–H groups in total. The predicted molar refractivity (Wildman–Crippen MR) is 84.4 cm³/mol. The molecule has 2 aromatic rings. The highest BCUT2D eigenvalue weighted by Gasteiger charge is 2.17. The molecule has 0 spiro atoms. The molecule has 0 saturated carbocycles. The average Bonchev–Trinajstić information content (AvgIpc) is 2.56. The van der Waals surface area contributed by atoms with E-state index in [0.717, 1.165) is 13.1 Å². The molecule has 1 aliphatic rings. The highest BCUT2D eigenvalue weighted by molar-refractivity contribution is 6.34. The molecule has 0 radical (unpaired) electrons. The number of halogens is 2. The lowest BCUT2D eigenvalue weighted by Crippen LogP contribution is -2.36. The molecule has 6 nitrogen and oxygen atoms in total. The van der Waals surface area contributed by atoms with Crippen LogP contribution in [0.5, 0.6) is 0 Å². The molecule has 2 heterocycles. The van der Waals surface area contributed by atoms with Gasteiger partial charge in [0.15, 0.2) is 11.6 Å². The van der Waals surface area contributed by atoms with Gasteiger partial charge in [0.2, 0.25) is 0 Å². The van der Waals surface area contributed by atoms with Gasteiger partial charge in [-0.15, -0.1) is 10.2 Å². The van der Waals surface area contributed by atoms with Crippen molar-refractivity contribution in [3.05, 3.63) is 46.7 Å². The van der Waals surface area contributed by atoms with Crippen molar-refractivity contribution in [2.75, 3.05) is 36.5 Å². The van der Waals surface area contributed by atoms with Gasteiger partial charge in [-0.05, 0) is 24.3 Å². The summed E-state index contributed by atoms with van der Waals surface area (Å²) in [7, 11) is 0. The number of morpholine rings is 1. The second kappa shape index (κ2) is 6.89. The number of ether oxygens (including phenoxy) is 1. The summed E-state index contributed by atoms with van der Waals surface area (Å²) in [4.78, 5) is 14.1. The van der Waals surface area contributed by atoms with Crippen LogP contribution in [0.25, 0.3) is 0 Å². The van der Waals surface area contributed by atoms with Crippen LogP contribution in [-0.2, 0) is 4.74 Å². The van der Waals surface area contributed by atoms with Gasteiger partial charge < -0.3 is 15.0 Å². The van der Waals surface area contributed by atoms with Gasteiger partial charge in [0.25, 0.3) is 5.91 Å². The second-order valence-electron chi connectivity index (χ2n) is 4.93. The van der Waals surface area contributed by atoms with Gasteiger partial charge in [0.05, 0.1) is 23.8 Å². The molecule has 1 saturated heterocycles. The van der Waals surface area contributed by atoms with Gasteiger partial charge in [-0.25, -0.2) is 4.39 Å². The van der Waals surface area contributed by atoms with Crippen LogP contribution in [-0.4, -0.2) is 42.4 Å². The van der Waals surface area contributed by atoms with Crippen LogP contribution in [0.1, 0.15) is 10.4 Å². The molecule has 23 heavy (non-hydrogen) atoms. The van der Waals surface area contributed by atoms with Crippen molar-refractivity contribution in [2.45, 2.75) is 0 Å². The monoisotopic (exact) mass is 336 g/mol. The van der Waals surface area contributed by atoms with Crippen molar-refractivity contribution in [2.24, 2.45) is 0 Å². The number of aromatic nitrogens is 2. The van der Waals surface area contributed by atoms with Crippen LogP contribution in [0, 0.1) is 5.82 Å². The molecule has 0 atom stereocenters. The highest BCUT2D eigenvalue weighted by Crippen LogP contribution is 2.20. The zero-order valence-electron chi connectivity index (χ0n) is 12.1. The minimum Gasteiger partial charge on any atom is -0.378 e. The Morgan fingerprint density at radius 2 is 2.00 bits per heavy atom. The number of hydrogen-bond acceptors (Lipinski definition) is 5. The van der Waals surface area contributed by atoms with E-state index < -0.39 is 11.7 Å². The molecule has 3 rings (SSSR count). The van der Waals surface area contributed by atoms with E-state index in [4.69, 9.17) is 16.3 Å². The third kappa shape index (κ3) is 3.57. The molecule has 0 aliphatic carbocycles. The maximum absolute atomic E-state index is 13.7. The standard InChI is InChI=1S/C15H14ClFN4O2/c16-10-2-1-3-11(17)14(10)15(22)18-12-4-5-13(20-19-12)21-6-8-23-9-7-21/h1-5H,6-9H2,(H,18,19,22). The van der Waals surface area contributed by atoms with Crippen molar-refractivity contribution >= 4 is 29.1 Å². The molecule has 1 amide bonds. The fourth-order valence-electron chi connectivity index (χ4n) is 2.25. The van der Waals surface area contributed by atoms with Crippen molar-refractivity contribution in [3.63, 3.8) is 0 Å². The lowest BCUT2D eigenvalue weighted by atomic mass is 10.2. The Morgan fingerprint density at radius 1 is 1.22 bits per heavy atom. The van der Waals surface area contributed by atoms with E-state index in [0.29, 0.717) is 19.0 Å². The van der Waals surface area contributed by atoms with Crippen molar-refractivity contribution in [1.82, 2.24) is 10.2 Å². The van der Waals surface area contributed by atoms with Crippen LogP contribution in [0.15, 0.2) is 30.3 Å². The first kappa shape index (κ1) is 15.6. The first-order valence-corrected chi connectivity index (χ1v) is 7.45. The summed E-state index contributed by atoms with van der Waals surface area (Å²) < 4.78 is 19.0. The average molecular weight is 337 g/mol. The topological polar surface area (TPSA) is 67.4 Å². The number of rotatable bonds is 3. The predicted octanol–water partition coefficient (Wildman–Crippen LogP) is 2.36. The number of carbonyl (C=O) groups excluding carboxylic acids is 1. The molecule has 1 aromatic heterocycles. The first-order valence-electron chi connectivity index (χ1n) is 7.07. The number of carbonyl (C=O) groups is 1. The quantitative estimate of drug-likeness (QED) is 0.932. The Bertz CT molecular complexity index is 685. The maximum atomic E-state index is 13.7. The van der Waals surface area contributed by atoms with Gasteiger partial charge in [0, 0.05) is 13.1 Å². The van der Waals surface area contributed by atoms with Gasteiger partial charge in [0.1, 0.15) is 5.82 Å². The minimum atomic E-state index is -0.687. The van der Waals surface area contributed by atoms with Gasteiger partial charge in [-0.1, -0.05) is 17.7 Å². The zero-order chi connectivity index (χ0) is 16.2. The van der Waals surface area contributed by atoms with E-state index in [9.17, 15) is 9.18 Å². The van der Waals surface area contributed by atoms with Crippen molar-refractivity contribution in [1.29, 1.82) is 0 Å². The summed E-state index contributed by atoms with van der Waals surface area (Å²) in [5, 5.41) is 10.6. The molecular weight excluding hydrogens is 323 g/mol. The summed E-state index contributed by atoms with van der Waals surface area (Å²) in [6.45, 7) is 2.77. The summed E-state index contributed by atoms with van der Waals surface area (Å²) in [6, 6.07) is 7.42. The molecule has 1 aromatic carbocycles. The Hall–Kier alpha value is -2.25. The number of anilines is 2. The van der Waals surface area contributed by atoms with E-state index in [1.54, 1.807) is 12.1 Å². The van der Waals surface area contributed by atoms with E-state index in [1.165, 1.54) is 18.2 Å². The Morgan fingerprint density at radius 3 is 2.65 bits per heavy atom. The van der Waals surface area contributed by atoms with Crippen LogP contribution in [0.2, 0.25) is 5.02 Å². The van der Waals surface area contributed by atoms with Crippen molar-refractivity contribution in [3.8, 4) is 0 Å². The number of benzene rings is 1. The third-order valence-electron chi connectivity index (χ3n) is 3.42.